The Bertz CT molecular complexity index is 906. The zero-order valence-corrected chi connectivity index (χ0v) is 18.0. The molecule has 0 N–H and O–H groups in total. The highest BCUT2D eigenvalue weighted by atomic mass is 32.2. The summed E-state index contributed by atoms with van der Waals surface area (Å²) in [4.78, 5) is 16.8. The van der Waals surface area contributed by atoms with Gasteiger partial charge in [-0.2, -0.15) is 0 Å². The number of hydrogen-bond acceptors (Lipinski definition) is 5. The van der Waals surface area contributed by atoms with Crippen LogP contribution in [0.1, 0.15) is 25.0 Å². The quantitative estimate of drug-likeness (QED) is 0.626. The zero-order valence-electron chi connectivity index (χ0n) is 17.2. The van der Waals surface area contributed by atoms with Gasteiger partial charge in [-0.15, -0.1) is 0 Å². The van der Waals surface area contributed by atoms with Gasteiger partial charge in [-0.3, -0.25) is 4.79 Å². The summed E-state index contributed by atoms with van der Waals surface area (Å²) in [5.41, 5.74) is 1.01. The first-order valence-corrected chi connectivity index (χ1v) is 11.9. The van der Waals surface area contributed by atoms with Gasteiger partial charge < -0.3 is 14.2 Å². The van der Waals surface area contributed by atoms with Crippen molar-refractivity contribution < 1.29 is 17.6 Å². The zero-order chi connectivity index (χ0) is 20.9. The highest BCUT2D eigenvalue weighted by Crippen LogP contribution is 2.23. The van der Waals surface area contributed by atoms with E-state index in [1.807, 2.05) is 56.6 Å². The van der Waals surface area contributed by atoms with Gasteiger partial charge in [-0.1, -0.05) is 30.3 Å². The molecule has 6 nitrogen and oxygen atoms in total. The molecule has 0 saturated carbocycles. The first-order valence-electron chi connectivity index (χ1n) is 10.1. The van der Waals surface area contributed by atoms with Crippen molar-refractivity contribution in [3.8, 4) is 11.3 Å². The van der Waals surface area contributed by atoms with E-state index in [1.165, 1.54) is 0 Å². The molecule has 1 aromatic carbocycles. The van der Waals surface area contributed by atoms with Gasteiger partial charge in [-0.05, 0) is 45.6 Å². The Morgan fingerprint density at radius 1 is 1.10 bits per heavy atom. The number of rotatable bonds is 9. The molecule has 1 saturated heterocycles. The van der Waals surface area contributed by atoms with E-state index in [0.29, 0.717) is 25.8 Å². The maximum atomic E-state index is 12.9. The van der Waals surface area contributed by atoms with Gasteiger partial charge in [0.25, 0.3) is 0 Å². The summed E-state index contributed by atoms with van der Waals surface area (Å²) in [7, 11) is 0.954. The molecule has 0 spiro atoms. The fraction of sp³-hybridized carbons (Fsp3) is 0.500. The smallest absolute Gasteiger partial charge is 0.223 e. The third kappa shape index (κ3) is 6.18. The van der Waals surface area contributed by atoms with Gasteiger partial charge in [0.15, 0.2) is 9.84 Å². The largest absolute Gasteiger partial charge is 0.461 e. The Labute approximate surface area is 173 Å². The first kappa shape index (κ1) is 21.6. The Morgan fingerprint density at radius 2 is 1.86 bits per heavy atom. The van der Waals surface area contributed by atoms with E-state index >= 15 is 0 Å². The van der Waals surface area contributed by atoms with E-state index in [2.05, 4.69) is 4.90 Å². The molecular weight excluding hydrogens is 388 g/mol. The van der Waals surface area contributed by atoms with Crippen molar-refractivity contribution in [1.29, 1.82) is 0 Å². The van der Waals surface area contributed by atoms with E-state index in [9.17, 15) is 13.2 Å². The van der Waals surface area contributed by atoms with Crippen LogP contribution in [0.4, 0.5) is 0 Å². The summed E-state index contributed by atoms with van der Waals surface area (Å²) >= 11 is 0. The van der Waals surface area contributed by atoms with Gasteiger partial charge in [0, 0.05) is 31.0 Å². The lowest BCUT2D eigenvalue weighted by Gasteiger charge is -2.29. The Hall–Kier alpha value is -2.12. The highest BCUT2D eigenvalue weighted by Gasteiger charge is 2.34. The van der Waals surface area contributed by atoms with Crippen molar-refractivity contribution in [1.82, 2.24) is 9.80 Å². The van der Waals surface area contributed by atoms with Gasteiger partial charge >= 0.3 is 0 Å². The molecule has 158 valence electrons. The maximum Gasteiger partial charge on any atom is 0.223 e. The second kappa shape index (κ2) is 9.59. The van der Waals surface area contributed by atoms with Crippen molar-refractivity contribution in [2.75, 3.05) is 38.7 Å². The van der Waals surface area contributed by atoms with Gasteiger partial charge in [0.05, 0.1) is 11.5 Å². The topological polar surface area (TPSA) is 70.8 Å². The average Bonchev–Trinajstić information content (AvgIpc) is 3.30. The van der Waals surface area contributed by atoms with Crippen LogP contribution in [0.5, 0.6) is 0 Å². The van der Waals surface area contributed by atoms with Crippen LogP contribution >= 0.6 is 0 Å². The van der Waals surface area contributed by atoms with E-state index in [0.717, 1.165) is 30.0 Å². The molecule has 1 aliphatic heterocycles. The normalized spacial score (nSPS) is 18.2. The second-order valence-electron chi connectivity index (χ2n) is 7.93. The van der Waals surface area contributed by atoms with Crippen LogP contribution in [0.15, 0.2) is 46.9 Å². The summed E-state index contributed by atoms with van der Waals surface area (Å²) in [5.74, 6) is 1.82. The Balaban J connectivity index is 1.61. The summed E-state index contributed by atoms with van der Waals surface area (Å²) in [6, 6.07) is 13.5. The van der Waals surface area contributed by atoms with E-state index in [4.69, 9.17) is 4.42 Å². The molecule has 0 bridgehead atoms. The number of carbonyl (C=O) groups is 1. The summed E-state index contributed by atoms with van der Waals surface area (Å²) in [5, 5.41) is 0. The van der Waals surface area contributed by atoms with E-state index in [-0.39, 0.29) is 23.5 Å². The molecule has 1 fully saturated rings. The molecular formula is C22H30N2O4S. The van der Waals surface area contributed by atoms with Crippen LogP contribution < -0.4 is 0 Å². The average molecular weight is 419 g/mol. The lowest BCUT2D eigenvalue weighted by Crippen LogP contribution is -2.42. The monoisotopic (exact) mass is 418 g/mol. The number of aryl methyl sites for hydroxylation is 1. The minimum atomic E-state index is -3.03. The molecule has 1 aliphatic rings. The fourth-order valence-electron chi connectivity index (χ4n) is 3.73. The number of sulfone groups is 1. The van der Waals surface area contributed by atoms with Crippen molar-refractivity contribution in [2.45, 2.75) is 31.7 Å². The Kier molecular flexibility index (Phi) is 7.14. The molecule has 1 amide bonds. The number of benzene rings is 1. The first-order chi connectivity index (χ1) is 13.8. The van der Waals surface area contributed by atoms with E-state index in [1.54, 1.807) is 4.90 Å². The Morgan fingerprint density at radius 3 is 2.52 bits per heavy atom. The predicted octanol–water partition coefficient (Wildman–Crippen LogP) is 2.85. The van der Waals surface area contributed by atoms with E-state index < -0.39 is 9.84 Å². The third-order valence-electron chi connectivity index (χ3n) is 5.28. The summed E-state index contributed by atoms with van der Waals surface area (Å²) < 4.78 is 29.7. The van der Waals surface area contributed by atoms with Crippen molar-refractivity contribution in [2.24, 2.45) is 0 Å². The van der Waals surface area contributed by atoms with Crippen LogP contribution in [0.2, 0.25) is 0 Å². The lowest BCUT2D eigenvalue weighted by molar-refractivity contribution is -0.133. The standard InChI is InChI=1S/C22H30N2O4S/c1-23(2)14-6-15-24(19-13-16-29(26,27)17-19)22(25)12-10-20-9-11-21(28-20)18-7-4-3-5-8-18/h3-5,7-9,11,19H,6,10,12-17H2,1-2H3. The minimum Gasteiger partial charge on any atom is -0.461 e. The third-order valence-corrected chi connectivity index (χ3v) is 7.03. The molecule has 3 rings (SSSR count). The summed E-state index contributed by atoms with van der Waals surface area (Å²) in [6.45, 7) is 1.45. The SMILES string of the molecule is CN(C)CCCN(C(=O)CCc1ccc(-c2ccccc2)o1)C1CCS(=O)(=O)C1. The molecule has 1 atom stereocenters. The minimum absolute atomic E-state index is 0.00326. The van der Waals surface area contributed by atoms with Crippen LogP contribution in [0.3, 0.4) is 0 Å². The number of nitrogens with zero attached hydrogens (tertiary/aromatic N) is 2. The van der Waals surface area contributed by atoms with Crippen LogP contribution in [0.25, 0.3) is 11.3 Å². The number of carbonyl (C=O) groups excluding carboxylic acids is 1. The van der Waals surface area contributed by atoms with Gasteiger partial charge in [-0.25, -0.2) is 8.42 Å². The summed E-state index contributed by atoms with van der Waals surface area (Å²) in [6.07, 6.45) is 2.19. The van der Waals surface area contributed by atoms with Crippen LogP contribution in [-0.4, -0.2) is 68.9 Å². The molecule has 1 aromatic heterocycles. The molecule has 0 aliphatic carbocycles. The fourth-order valence-corrected chi connectivity index (χ4v) is 5.46. The molecule has 7 heteroatoms. The molecule has 2 heterocycles. The number of amides is 1. The molecule has 2 aromatic rings. The maximum absolute atomic E-state index is 12.9. The van der Waals surface area contributed by atoms with Gasteiger partial charge in [0.2, 0.25) is 5.91 Å². The van der Waals surface area contributed by atoms with Crippen molar-refractivity contribution in [3.63, 3.8) is 0 Å². The molecule has 0 radical (unpaired) electrons. The molecule has 29 heavy (non-hydrogen) atoms. The predicted molar refractivity (Wildman–Crippen MR) is 114 cm³/mol. The van der Waals surface area contributed by atoms with Crippen molar-refractivity contribution >= 4 is 15.7 Å². The molecule has 1 unspecified atom stereocenters. The lowest BCUT2D eigenvalue weighted by atomic mass is 10.1. The van der Waals surface area contributed by atoms with Crippen molar-refractivity contribution in [3.05, 3.63) is 48.2 Å². The van der Waals surface area contributed by atoms with Crippen LogP contribution in [-0.2, 0) is 21.1 Å². The van der Waals surface area contributed by atoms with Crippen LogP contribution in [0, 0.1) is 0 Å². The highest BCUT2D eigenvalue weighted by molar-refractivity contribution is 7.91. The van der Waals surface area contributed by atoms with Gasteiger partial charge in [0.1, 0.15) is 11.5 Å². The number of hydrogen-bond donors (Lipinski definition) is 0. The number of furan rings is 1. The second-order valence-corrected chi connectivity index (χ2v) is 10.2.